The maximum atomic E-state index is 6.20. The van der Waals surface area contributed by atoms with Crippen molar-refractivity contribution in [3.8, 4) is 16.9 Å². The van der Waals surface area contributed by atoms with E-state index in [1.165, 1.54) is 42.9 Å². The minimum atomic E-state index is 0.949. The lowest BCUT2D eigenvalue weighted by atomic mass is 10.0. The normalized spacial score (nSPS) is 18.7. The number of aryl methyl sites for hydroxylation is 1. The van der Waals surface area contributed by atoms with Gasteiger partial charge in [-0.1, -0.05) is 60.7 Å². The molecule has 1 aliphatic heterocycles. The second-order valence-electron chi connectivity index (χ2n) is 8.90. The molecule has 0 amide bonds. The maximum absolute atomic E-state index is 6.20. The second kappa shape index (κ2) is 9.19. The number of hydrogen-bond acceptors (Lipinski definition) is 2. The smallest absolute Gasteiger partial charge is 0.135 e. The number of piperazine rings is 1. The van der Waals surface area contributed by atoms with Crippen LogP contribution < -0.4 is 14.5 Å². The number of methoxy groups -OCH3 is 1. The molecule has 4 nitrogen and oxygen atoms in total. The van der Waals surface area contributed by atoms with Crippen LogP contribution in [0.2, 0.25) is 0 Å². The summed E-state index contributed by atoms with van der Waals surface area (Å²) in [5.41, 5.74) is 5.96. The van der Waals surface area contributed by atoms with E-state index >= 15 is 0 Å². The van der Waals surface area contributed by atoms with E-state index in [9.17, 15) is 0 Å². The summed E-state index contributed by atoms with van der Waals surface area (Å²) in [6.45, 7) is 8.90. The highest BCUT2D eigenvalue weighted by molar-refractivity contribution is 5.97. The van der Waals surface area contributed by atoms with E-state index in [1.54, 1.807) is 16.9 Å². The zero-order valence-corrected chi connectivity index (χ0v) is 19.0. The quantitative estimate of drug-likeness (QED) is 0.495. The Morgan fingerprint density at radius 2 is 1.44 bits per heavy atom. The molecule has 164 valence electrons. The molecule has 0 aliphatic carbocycles. The lowest BCUT2D eigenvalue weighted by molar-refractivity contribution is -1.02. The van der Waals surface area contributed by atoms with Crippen LogP contribution in [-0.2, 0) is 13.1 Å². The summed E-state index contributed by atoms with van der Waals surface area (Å²) in [6, 6.07) is 25.7. The zero-order valence-electron chi connectivity index (χ0n) is 19.0. The molecule has 1 saturated heterocycles. The molecule has 1 aliphatic rings. The molecule has 4 heteroatoms. The minimum absolute atomic E-state index is 0.949. The molecule has 0 atom stereocenters. The van der Waals surface area contributed by atoms with E-state index < -0.39 is 0 Å². The second-order valence-corrected chi connectivity index (χ2v) is 8.90. The highest BCUT2D eigenvalue weighted by Crippen LogP contribution is 2.37. The van der Waals surface area contributed by atoms with Crippen molar-refractivity contribution in [3.05, 3.63) is 89.7 Å². The highest BCUT2D eigenvalue weighted by atomic mass is 16.5. The SMILES string of the molecule is COc1cc2c(-c3ccccc3)c(C)oc2cc1C[NH+]1CC[NH+](Cc2ccccc2)CC1. The van der Waals surface area contributed by atoms with Crippen molar-refractivity contribution in [2.24, 2.45) is 0 Å². The minimum Gasteiger partial charge on any atom is -0.496 e. The van der Waals surface area contributed by atoms with E-state index in [0.29, 0.717) is 0 Å². The number of rotatable bonds is 6. The zero-order chi connectivity index (χ0) is 21.9. The van der Waals surface area contributed by atoms with Gasteiger partial charge in [0.2, 0.25) is 0 Å². The molecule has 0 bridgehead atoms. The first kappa shape index (κ1) is 20.8. The largest absolute Gasteiger partial charge is 0.496 e. The Labute approximate surface area is 190 Å². The fourth-order valence-corrected chi connectivity index (χ4v) is 5.04. The highest BCUT2D eigenvalue weighted by Gasteiger charge is 2.25. The van der Waals surface area contributed by atoms with Crippen LogP contribution in [0.15, 0.2) is 77.2 Å². The number of quaternary nitrogens is 2. The summed E-state index contributed by atoms with van der Waals surface area (Å²) in [6.07, 6.45) is 0. The number of furan rings is 1. The number of fused-ring (bicyclic) bond motifs is 1. The van der Waals surface area contributed by atoms with Crippen molar-refractivity contribution >= 4 is 11.0 Å². The number of hydrogen-bond donors (Lipinski definition) is 2. The molecule has 0 radical (unpaired) electrons. The van der Waals surface area contributed by atoms with Crippen LogP contribution in [0.3, 0.4) is 0 Å². The van der Waals surface area contributed by atoms with E-state index in [1.807, 2.05) is 6.07 Å². The molecular weight excluding hydrogens is 396 g/mol. The molecule has 32 heavy (non-hydrogen) atoms. The summed E-state index contributed by atoms with van der Waals surface area (Å²) in [4.78, 5) is 3.29. The number of nitrogens with one attached hydrogen (secondary N) is 2. The van der Waals surface area contributed by atoms with Gasteiger partial charge in [-0.05, 0) is 24.6 Å². The third kappa shape index (κ3) is 4.29. The predicted octanol–water partition coefficient (Wildman–Crippen LogP) is 2.90. The third-order valence-corrected chi connectivity index (χ3v) is 6.73. The Morgan fingerprint density at radius 1 is 0.812 bits per heavy atom. The van der Waals surface area contributed by atoms with Gasteiger partial charge in [0.25, 0.3) is 0 Å². The third-order valence-electron chi connectivity index (χ3n) is 6.73. The van der Waals surface area contributed by atoms with E-state index in [0.717, 1.165) is 41.1 Å². The monoisotopic (exact) mass is 428 g/mol. The first-order valence-electron chi connectivity index (χ1n) is 11.6. The van der Waals surface area contributed by atoms with Gasteiger partial charge in [-0.3, -0.25) is 0 Å². The van der Waals surface area contributed by atoms with Crippen LogP contribution in [0, 0.1) is 6.92 Å². The van der Waals surface area contributed by atoms with Gasteiger partial charge in [0, 0.05) is 16.5 Å². The van der Waals surface area contributed by atoms with Crippen molar-refractivity contribution in [1.29, 1.82) is 0 Å². The Balaban J connectivity index is 1.33. The van der Waals surface area contributed by atoms with Gasteiger partial charge in [-0.2, -0.15) is 0 Å². The van der Waals surface area contributed by atoms with Crippen LogP contribution in [0.5, 0.6) is 5.75 Å². The number of ether oxygens (including phenoxy) is 1. The lowest BCUT2D eigenvalue weighted by Crippen LogP contribution is -3.27. The molecule has 4 aromatic rings. The predicted molar refractivity (Wildman–Crippen MR) is 128 cm³/mol. The molecule has 0 unspecified atom stereocenters. The van der Waals surface area contributed by atoms with Gasteiger partial charge < -0.3 is 19.0 Å². The molecule has 2 heterocycles. The van der Waals surface area contributed by atoms with Gasteiger partial charge >= 0.3 is 0 Å². The Morgan fingerprint density at radius 3 is 2.09 bits per heavy atom. The van der Waals surface area contributed by atoms with Crippen molar-refractivity contribution in [3.63, 3.8) is 0 Å². The maximum Gasteiger partial charge on any atom is 0.135 e. The lowest BCUT2D eigenvalue weighted by Gasteiger charge is -2.30. The summed E-state index contributed by atoms with van der Waals surface area (Å²) in [7, 11) is 1.77. The Bertz CT molecular complexity index is 1180. The van der Waals surface area contributed by atoms with Gasteiger partial charge in [-0.15, -0.1) is 0 Å². The average molecular weight is 429 g/mol. The standard InChI is InChI=1S/C28H30N2O2/c1-21-28(23-11-7-4-8-12-23)25-18-26(31-2)24(17-27(25)32-21)20-30-15-13-29(14-16-30)19-22-9-5-3-6-10-22/h3-12,17-18H,13-16,19-20H2,1-2H3/p+2. The van der Waals surface area contributed by atoms with Crippen LogP contribution >= 0.6 is 0 Å². The van der Waals surface area contributed by atoms with E-state index in [4.69, 9.17) is 9.15 Å². The molecule has 1 aromatic heterocycles. The average Bonchev–Trinajstić information content (AvgIpc) is 3.15. The summed E-state index contributed by atoms with van der Waals surface area (Å²) in [5, 5.41) is 1.13. The Hall–Kier alpha value is -3.08. The molecule has 5 rings (SSSR count). The van der Waals surface area contributed by atoms with Crippen LogP contribution in [-0.4, -0.2) is 33.3 Å². The summed E-state index contributed by atoms with van der Waals surface area (Å²) < 4.78 is 12.0. The fourth-order valence-electron chi connectivity index (χ4n) is 5.04. The summed E-state index contributed by atoms with van der Waals surface area (Å²) >= 11 is 0. The molecule has 0 spiro atoms. The molecule has 3 aromatic carbocycles. The summed E-state index contributed by atoms with van der Waals surface area (Å²) in [5.74, 6) is 1.91. The number of benzene rings is 3. The van der Waals surface area contributed by atoms with Gasteiger partial charge in [0.05, 0.1) is 12.7 Å². The van der Waals surface area contributed by atoms with Crippen LogP contribution in [0.4, 0.5) is 0 Å². The van der Waals surface area contributed by atoms with E-state index in [2.05, 4.69) is 73.7 Å². The fraction of sp³-hybridized carbons (Fsp3) is 0.286. The topological polar surface area (TPSA) is 31.3 Å². The van der Waals surface area contributed by atoms with Crippen molar-refractivity contribution in [1.82, 2.24) is 0 Å². The van der Waals surface area contributed by atoms with Crippen molar-refractivity contribution in [2.75, 3.05) is 33.3 Å². The van der Waals surface area contributed by atoms with Gasteiger partial charge in [-0.25, -0.2) is 0 Å². The van der Waals surface area contributed by atoms with Crippen molar-refractivity contribution in [2.45, 2.75) is 20.0 Å². The van der Waals surface area contributed by atoms with Gasteiger partial charge in [0.15, 0.2) is 0 Å². The van der Waals surface area contributed by atoms with E-state index in [-0.39, 0.29) is 0 Å². The molecule has 0 saturated carbocycles. The van der Waals surface area contributed by atoms with Gasteiger partial charge in [0.1, 0.15) is 56.4 Å². The molecule has 2 N–H and O–H groups in total. The first-order chi connectivity index (χ1) is 15.7. The molecular formula is C28H32N2O2+2. The van der Waals surface area contributed by atoms with Crippen LogP contribution in [0.1, 0.15) is 16.9 Å². The van der Waals surface area contributed by atoms with Crippen LogP contribution in [0.25, 0.3) is 22.1 Å². The Kier molecular flexibility index (Phi) is 5.97. The molecule has 1 fully saturated rings. The first-order valence-corrected chi connectivity index (χ1v) is 11.6. The van der Waals surface area contributed by atoms with Crippen molar-refractivity contribution < 1.29 is 19.0 Å².